The SMILES string of the molecule is COC(=O)CCC(C)[C@H]1CC[C@H]2[C@@H]3[C@H](OC(C)=O)C[C@@H]4C[C@H](O)CC[C@]4(C)[C@H]3CC(=O)[C@]12C. The van der Waals surface area contributed by atoms with Crippen molar-refractivity contribution < 1.29 is 29.0 Å². The van der Waals surface area contributed by atoms with Crippen LogP contribution in [0.4, 0.5) is 0 Å². The van der Waals surface area contributed by atoms with Gasteiger partial charge in [0.25, 0.3) is 0 Å². The van der Waals surface area contributed by atoms with E-state index in [9.17, 15) is 19.5 Å². The Morgan fingerprint density at radius 1 is 1.15 bits per heavy atom. The van der Waals surface area contributed by atoms with Crippen molar-refractivity contribution in [2.24, 2.45) is 46.3 Å². The first-order valence-corrected chi connectivity index (χ1v) is 13.0. The van der Waals surface area contributed by atoms with Crippen LogP contribution >= 0.6 is 0 Å². The molecule has 33 heavy (non-hydrogen) atoms. The van der Waals surface area contributed by atoms with E-state index in [1.807, 2.05) is 0 Å². The molecule has 0 aromatic rings. The monoisotopic (exact) mass is 462 g/mol. The van der Waals surface area contributed by atoms with Crippen LogP contribution < -0.4 is 0 Å². The molecule has 0 heterocycles. The Bertz CT molecular complexity index is 793. The minimum atomic E-state index is -0.438. The van der Waals surface area contributed by atoms with Gasteiger partial charge in [-0.3, -0.25) is 14.4 Å². The van der Waals surface area contributed by atoms with Gasteiger partial charge in [0.15, 0.2) is 0 Å². The van der Waals surface area contributed by atoms with E-state index in [1.54, 1.807) is 0 Å². The van der Waals surface area contributed by atoms with E-state index in [1.165, 1.54) is 14.0 Å². The average Bonchev–Trinajstić information content (AvgIpc) is 3.11. The number of hydrogen-bond acceptors (Lipinski definition) is 6. The molecule has 0 saturated heterocycles. The fourth-order valence-electron chi connectivity index (χ4n) is 8.82. The van der Waals surface area contributed by atoms with E-state index in [4.69, 9.17) is 9.47 Å². The molecule has 186 valence electrons. The van der Waals surface area contributed by atoms with Crippen LogP contribution in [-0.4, -0.2) is 42.1 Å². The second-order valence-corrected chi connectivity index (χ2v) is 12.0. The lowest BCUT2D eigenvalue weighted by atomic mass is 9.43. The Morgan fingerprint density at radius 3 is 2.55 bits per heavy atom. The molecule has 4 fully saturated rings. The van der Waals surface area contributed by atoms with Crippen LogP contribution in [0.15, 0.2) is 0 Å². The van der Waals surface area contributed by atoms with Crippen LogP contribution in [0.2, 0.25) is 0 Å². The molecule has 0 spiro atoms. The van der Waals surface area contributed by atoms with Gasteiger partial charge in [-0.25, -0.2) is 0 Å². The molecule has 0 radical (unpaired) electrons. The Kier molecular flexibility index (Phi) is 6.71. The zero-order valence-electron chi connectivity index (χ0n) is 21.0. The minimum Gasteiger partial charge on any atom is -0.469 e. The highest BCUT2D eigenvalue weighted by Crippen LogP contribution is 2.67. The first-order chi connectivity index (χ1) is 15.5. The summed E-state index contributed by atoms with van der Waals surface area (Å²) in [5.41, 5.74) is -0.432. The third-order valence-electron chi connectivity index (χ3n) is 10.6. The highest BCUT2D eigenvalue weighted by Gasteiger charge is 2.66. The van der Waals surface area contributed by atoms with Crippen LogP contribution in [-0.2, 0) is 23.9 Å². The van der Waals surface area contributed by atoms with Crippen LogP contribution in [0.1, 0.15) is 85.5 Å². The molecule has 6 heteroatoms. The molecule has 0 aliphatic heterocycles. The highest BCUT2D eigenvalue weighted by molar-refractivity contribution is 5.87. The smallest absolute Gasteiger partial charge is 0.305 e. The van der Waals surface area contributed by atoms with E-state index in [2.05, 4.69) is 20.8 Å². The molecule has 0 bridgehead atoms. The lowest BCUT2D eigenvalue weighted by molar-refractivity contribution is -0.194. The van der Waals surface area contributed by atoms with Crippen LogP contribution in [0, 0.1) is 46.3 Å². The molecule has 4 aliphatic carbocycles. The summed E-state index contributed by atoms with van der Waals surface area (Å²) in [6.45, 7) is 8.14. The van der Waals surface area contributed by atoms with E-state index in [0.717, 1.165) is 44.9 Å². The summed E-state index contributed by atoms with van der Waals surface area (Å²) in [5.74, 6) is 1.25. The summed E-state index contributed by atoms with van der Waals surface area (Å²) in [4.78, 5) is 37.7. The van der Waals surface area contributed by atoms with Crippen LogP contribution in [0.25, 0.3) is 0 Å². The first-order valence-electron chi connectivity index (χ1n) is 13.0. The molecule has 6 nitrogen and oxygen atoms in total. The molecule has 4 aliphatic rings. The first kappa shape index (κ1) is 24.7. The molecular formula is C27H42O6. The van der Waals surface area contributed by atoms with Crippen molar-refractivity contribution in [3.05, 3.63) is 0 Å². The lowest BCUT2D eigenvalue weighted by Crippen LogP contribution is -2.61. The maximum absolute atomic E-state index is 13.9. The van der Waals surface area contributed by atoms with Crippen molar-refractivity contribution in [1.29, 1.82) is 0 Å². The van der Waals surface area contributed by atoms with Crippen LogP contribution in [0.3, 0.4) is 0 Å². The van der Waals surface area contributed by atoms with Crippen molar-refractivity contribution in [1.82, 2.24) is 0 Å². The number of rotatable bonds is 5. The van der Waals surface area contributed by atoms with Gasteiger partial charge in [0.05, 0.1) is 13.2 Å². The van der Waals surface area contributed by atoms with E-state index in [0.29, 0.717) is 18.6 Å². The summed E-state index contributed by atoms with van der Waals surface area (Å²) in [6, 6.07) is 0. The molecule has 4 rings (SSSR count). The van der Waals surface area contributed by atoms with Gasteiger partial charge in [-0.15, -0.1) is 0 Å². The van der Waals surface area contributed by atoms with Crippen molar-refractivity contribution in [3.63, 3.8) is 0 Å². The van der Waals surface area contributed by atoms with Crippen molar-refractivity contribution in [3.8, 4) is 0 Å². The average molecular weight is 463 g/mol. The van der Waals surface area contributed by atoms with Crippen molar-refractivity contribution in [2.45, 2.75) is 97.7 Å². The summed E-state index contributed by atoms with van der Waals surface area (Å²) < 4.78 is 10.8. The minimum absolute atomic E-state index is 0.00607. The third-order valence-corrected chi connectivity index (χ3v) is 10.6. The van der Waals surface area contributed by atoms with Crippen LogP contribution in [0.5, 0.6) is 0 Å². The van der Waals surface area contributed by atoms with Gasteiger partial charge in [-0.1, -0.05) is 20.8 Å². The number of fused-ring (bicyclic) bond motifs is 5. The Morgan fingerprint density at radius 2 is 1.88 bits per heavy atom. The zero-order chi connectivity index (χ0) is 24.1. The normalized spacial score (nSPS) is 45.4. The summed E-state index contributed by atoms with van der Waals surface area (Å²) in [6.07, 6.45) is 6.37. The predicted molar refractivity (Wildman–Crippen MR) is 123 cm³/mol. The Balaban J connectivity index is 1.65. The number of carbonyl (C=O) groups excluding carboxylic acids is 3. The summed E-state index contributed by atoms with van der Waals surface area (Å²) in [7, 11) is 1.42. The van der Waals surface area contributed by atoms with Gasteiger partial charge < -0.3 is 14.6 Å². The molecule has 0 amide bonds. The van der Waals surface area contributed by atoms with Gasteiger partial charge in [0, 0.05) is 31.1 Å². The number of carbonyl (C=O) groups is 3. The standard InChI is InChI=1S/C27H42O6/c1-15(6-9-24(31)32-5)19-7-8-20-25-21(14-23(30)27(19,20)4)26(3)11-10-18(29)12-17(26)13-22(25)33-16(2)28/h15,17-22,25,29H,6-14H2,1-5H3/t15?,17-,18+,19+,20-,21-,22+,25-,26-,27+/m0/s1. The second-order valence-electron chi connectivity index (χ2n) is 12.0. The number of methoxy groups -OCH3 is 1. The number of ketones is 1. The quantitative estimate of drug-likeness (QED) is 0.612. The van der Waals surface area contributed by atoms with E-state index >= 15 is 0 Å². The highest BCUT2D eigenvalue weighted by atomic mass is 16.5. The molecule has 0 aromatic carbocycles. The van der Waals surface area contributed by atoms with E-state index < -0.39 is 5.41 Å². The number of hydrogen-bond donors (Lipinski definition) is 1. The number of aliphatic hydroxyl groups is 1. The van der Waals surface area contributed by atoms with Gasteiger partial charge >= 0.3 is 11.9 Å². The van der Waals surface area contributed by atoms with Gasteiger partial charge in [0.2, 0.25) is 0 Å². The van der Waals surface area contributed by atoms with Crippen molar-refractivity contribution in [2.75, 3.05) is 7.11 Å². The van der Waals surface area contributed by atoms with E-state index in [-0.39, 0.29) is 65.1 Å². The fourth-order valence-corrected chi connectivity index (χ4v) is 8.82. The molecule has 1 unspecified atom stereocenters. The van der Waals surface area contributed by atoms with Gasteiger partial charge in [0.1, 0.15) is 11.9 Å². The molecule has 1 N–H and O–H groups in total. The largest absolute Gasteiger partial charge is 0.469 e. The number of ether oxygens (including phenoxy) is 2. The number of Topliss-reactive ketones (excluding diaryl/α,β-unsaturated/α-hetero) is 1. The molecule has 4 saturated carbocycles. The van der Waals surface area contributed by atoms with Crippen molar-refractivity contribution >= 4 is 17.7 Å². The topological polar surface area (TPSA) is 89.9 Å². The second kappa shape index (κ2) is 8.98. The number of aliphatic hydroxyl groups excluding tert-OH is 1. The Hall–Kier alpha value is -1.43. The molecule has 10 atom stereocenters. The predicted octanol–water partition coefficient (Wildman–Crippen LogP) is 4.32. The fraction of sp³-hybridized carbons (Fsp3) is 0.889. The molecular weight excluding hydrogens is 420 g/mol. The zero-order valence-corrected chi connectivity index (χ0v) is 21.0. The molecule has 0 aromatic heterocycles. The Labute approximate surface area is 198 Å². The maximum atomic E-state index is 13.9. The van der Waals surface area contributed by atoms with Gasteiger partial charge in [-0.05, 0) is 80.0 Å². The summed E-state index contributed by atoms with van der Waals surface area (Å²) >= 11 is 0. The maximum Gasteiger partial charge on any atom is 0.305 e. The number of esters is 2. The summed E-state index contributed by atoms with van der Waals surface area (Å²) in [5, 5.41) is 10.4. The third kappa shape index (κ3) is 4.04. The lowest BCUT2D eigenvalue weighted by Gasteiger charge is -2.62. The van der Waals surface area contributed by atoms with Gasteiger partial charge in [-0.2, -0.15) is 0 Å².